The highest BCUT2D eigenvalue weighted by Crippen LogP contribution is 2.29. The van der Waals surface area contributed by atoms with Gasteiger partial charge in [0.05, 0.1) is 0 Å². The number of allylic oxidation sites excluding steroid dienone is 1. The second kappa shape index (κ2) is 13.1. The lowest BCUT2D eigenvalue weighted by Crippen LogP contribution is -2.11. The molecule has 0 aliphatic rings. The molecule has 0 heteroatoms. The summed E-state index contributed by atoms with van der Waals surface area (Å²) < 4.78 is 0. The molecule has 0 aromatic heterocycles. The van der Waals surface area contributed by atoms with Gasteiger partial charge in [-0.3, -0.25) is 0 Å². The van der Waals surface area contributed by atoms with E-state index in [-0.39, 0.29) is 0 Å². The Hall–Kier alpha value is -0.260. The monoisotopic (exact) mass is 322 g/mol. The van der Waals surface area contributed by atoms with Gasteiger partial charge in [-0.15, -0.1) is 6.58 Å². The standard InChI is InChI=1S/C23H46/c1-9-20(6)22(8)16-17-23(14-10-12-18(2)3)15-11-13-21(7)19(4)5/h19-23H,2,9-17H2,1,3-8H3. The largest absolute Gasteiger partial charge is 0.100 e. The zero-order valence-corrected chi connectivity index (χ0v) is 17.5. The molecular weight excluding hydrogens is 276 g/mol. The molecule has 23 heavy (non-hydrogen) atoms. The summed E-state index contributed by atoms with van der Waals surface area (Å²) in [5.74, 6) is 4.43. The van der Waals surface area contributed by atoms with Crippen molar-refractivity contribution >= 4 is 0 Å². The molecule has 0 aliphatic heterocycles. The number of hydrogen-bond acceptors (Lipinski definition) is 0. The van der Waals surface area contributed by atoms with Gasteiger partial charge in [-0.05, 0) is 49.4 Å². The molecule has 0 fully saturated rings. The van der Waals surface area contributed by atoms with Crippen molar-refractivity contribution in [2.45, 2.75) is 106 Å². The Morgan fingerprint density at radius 3 is 1.87 bits per heavy atom. The maximum atomic E-state index is 4.07. The lowest BCUT2D eigenvalue weighted by molar-refractivity contribution is 0.288. The number of hydrogen-bond donors (Lipinski definition) is 0. The summed E-state index contributed by atoms with van der Waals surface area (Å²) in [4.78, 5) is 0. The zero-order valence-electron chi connectivity index (χ0n) is 17.5. The third kappa shape index (κ3) is 11.8. The van der Waals surface area contributed by atoms with Crippen LogP contribution in [-0.4, -0.2) is 0 Å². The first-order valence-corrected chi connectivity index (χ1v) is 10.4. The summed E-state index contributed by atoms with van der Waals surface area (Å²) in [6.07, 6.45) is 12.5. The van der Waals surface area contributed by atoms with Crippen molar-refractivity contribution in [3.8, 4) is 0 Å². The average Bonchev–Trinajstić information content (AvgIpc) is 2.50. The molecule has 0 saturated heterocycles. The van der Waals surface area contributed by atoms with E-state index in [2.05, 4.69) is 55.0 Å². The van der Waals surface area contributed by atoms with Crippen LogP contribution >= 0.6 is 0 Å². The van der Waals surface area contributed by atoms with Crippen LogP contribution in [0.2, 0.25) is 0 Å². The highest BCUT2D eigenvalue weighted by Gasteiger charge is 2.15. The first kappa shape index (κ1) is 22.7. The first-order chi connectivity index (χ1) is 10.8. The SMILES string of the molecule is C=C(C)CCCC(CCCC(C)C(C)C)CCC(C)C(C)CC. The van der Waals surface area contributed by atoms with Crippen LogP contribution in [0.5, 0.6) is 0 Å². The summed E-state index contributed by atoms with van der Waals surface area (Å²) in [6.45, 7) is 20.6. The lowest BCUT2D eigenvalue weighted by atomic mass is 9.83. The van der Waals surface area contributed by atoms with E-state index >= 15 is 0 Å². The summed E-state index contributed by atoms with van der Waals surface area (Å²) >= 11 is 0. The van der Waals surface area contributed by atoms with E-state index in [1.165, 1.54) is 63.4 Å². The Labute approximate surface area is 148 Å². The lowest BCUT2D eigenvalue weighted by Gasteiger charge is -2.23. The van der Waals surface area contributed by atoms with Crippen molar-refractivity contribution in [2.75, 3.05) is 0 Å². The topological polar surface area (TPSA) is 0 Å². The predicted octanol–water partition coefficient (Wildman–Crippen LogP) is 8.27. The van der Waals surface area contributed by atoms with Gasteiger partial charge in [-0.1, -0.05) is 92.1 Å². The van der Waals surface area contributed by atoms with Crippen LogP contribution in [0.3, 0.4) is 0 Å². The summed E-state index contributed by atoms with van der Waals surface area (Å²) in [5.41, 5.74) is 1.35. The molecule has 4 unspecified atom stereocenters. The third-order valence-electron chi connectivity index (χ3n) is 6.27. The Bertz CT molecular complexity index is 288. The Balaban J connectivity index is 4.24. The van der Waals surface area contributed by atoms with Gasteiger partial charge in [0.2, 0.25) is 0 Å². The van der Waals surface area contributed by atoms with Crippen molar-refractivity contribution in [3.63, 3.8) is 0 Å². The average molecular weight is 323 g/mol. The molecule has 0 nitrogen and oxygen atoms in total. The van der Waals surface area contributed by atoms with Crippen LogP contribution in [-0.2, 0) is 0 Å². The van der Waals surface area contributed by atoms with Crippen molar-refractivity contribution < 1.29 is 0 Å². The molecule has 0 N–H and O–H groups in total. The van der Waals surface area contributed by atoms with Crippen molar-refractivity contribution in [1.82, 2.24) is 0 Å². The first-order valence-electron chi connectivity index (χ1n) is 10.4. The molecule has 0 spiro atoms. The van der Waals surface area contributed by atoms with Gasteiger partial charge < -0.3 is 0 Å². The highest BCUT2D eigenvalue weighted by atomic mass is 14.2. The van der Waals surface area contributed by atoms with E-state index in [1.54, 1.807) is 0 Å². The van der Waals surface area contributed by atoms with Gasteiger partial charge >= 0.3 is 0 Å². The van der Waals surface area contributed by atoms with Gasteiger partial charge in [0.15, 0.2) is 0 Å². The minimum atomic E-state index is 0.835. The summed E-state index contributed by atoms with van der Waals surface area (Å²) in [5, 5.41) is 0. The van der Waals surface area contributed by atoms with Gasteiger partial charge in [-0.25, -0.2) is 0 Å². The maximum absolute atomic E-state index is 4.07. The second-order valence-corrected chi connectivity index (χ2v) is 8.81. The van der Waals surface area contributed by atoms with Crippen LogP contribution in [0.4, 0.5) is 0 Å². The normalized spacial score (nSPS) is 17.0. The van der Waals surface area contributed by atoms with Gasteiger partial charge in [0, 0.05) is 0 Å². The third-order valence-corrected chi connectivity index (χ3v) is 6.27. The quantitative estimate of drug-likeness (QED) is 0.282. The number of rotatable bonds is 14. The molecule has 0 aromatic rings. The Kier molecular flexibility index (Phi) is 12.9. The highest BCUT2D eigenvalue weighted by molar-refractivity contribution is 4.87. The van der Waals surface area contributed by atoms with E-state index in [0.717, 1.165) is 29.6 Å². The molecule has 138 valence electrons. The zero-order chi connectivity index (χ0) is 17.8. The molecule has 0 aromatic carbocycles. The fourth-order valence-electron chi connectivity index (χ4n) is 3.37. The summed E-state index contributed by atoms with van der Waals surface area (Å²) in [7, 11) is 0. The Morgan fingerprint density at radius 2 is 1.35 bits per heavy atom. The van der Waals surface area contributed by atoms with E-state index < -0.39 is 0 Å². The predicted molar refractivity (Wildman–Crippen MR) is 108 cm³/mol. The molecule has 0 saturated carbocycles. The van der Waals surface area contributed by atoms with E-state index in [0.29, 0.717) is 0 Å². The molecule has 0 aliphatic carbocycles. The maximum Gasteiger partial charge on any atom is -0.0326 e. The van der Waals surface area contributed by atoms with Gasteiger partial charge in [-0.2, -0.15) is 0 Å². The molecule has 0 radical (unpaired) electrons. The minimum absolute atomic E-state index is 0.835. The molecule has 0 rings (SSSR count). The van der Waals surface area contributed by atoms with Crippen LogP contribution in [0.15, 0.2) is 12.2 Å². The molecule has 0 heterocycles. The molecule has 0 bridgehead atoms. The van der Waals surface area contributed by atoms with Crippen molar-refractivity contribution in [1.29, 1.82) is 0 Å². The van der Waals surface area contributed by atoms with E-state index in [1.807, 2.05) is 0 Å². The summed E-state index contributed by atoms with van der Waals surface area (Å²) in [6, 6.07) is 0. The van der Waals surface area contributed by atoms with E-state index in [4.69, 9.17) is 0 Å². The van der Waals surface area contributed by atoms with Crippen molar-refractivity contribution in [2.24, 2.45) is 29.6 Å². The van der Waals surface area contributed by atoms with Crippen LogP contribution in [0.1, 0.15) is 106 Å². The minimum Gasteiger partial charge on any atom is -0.100 e. The van der Waals surface area contributed by atoms with Crippen LogP contribution < -0.4 is 0 Å². The Morgan fingerprint density at radius 1 is 0.739 bits per heavy atom. The van der Waals surface area contributed by atoms with Crippen LogP contribution in [0, 0.1) is 29.6 Å². The van der Waals surface area contributed by atoms with Gasteiger partial charge in [0.25, 0.3) is 0 Å². The fraction of sp³-hybridized carbons (Fsp3) is 0.913. The molecule has 4 atom stereocenters. The van der Waals surface area contributed by atoms with Gasteiger partial charge in [0.1, 0.15) is 0 Å². The molecular formula is C23H46. The van der Waals surface area contributed by atoms with Crippen molar-refractivity contribution in [3.05, 3.63) is 12.2 Å². The fourth-order valence-corrected chi connectivity index (χ4v) is 3.37. The second-order valence-electron chi connectivity index (χ2n) is 8.81. The molecule has 0 amide bonds. The van der Waals surface area contributed by atoms with E-state index in [9.17, 15) is 0 Å². The van der Waals surface area contributed by atoms with Crippen LogP contribution in [0.25, 0.3) is 0 Å². The smallest absolute Gasteiger partial charge is 0.0326 e.